The average molecular weight is 512 g/mol. The normalized spacial score (nSPS) is 11.6. The second-order valence-corrected chi connectivity index (χ2v) is 10.4. The van der Waals surface area contributed by atoms with Crippen molar-refractivity contribution in [3.63, 3.8) is 0 Å². The Kier molecular flexibility index (Phi) is 5.04. The maximum Gasteiger partial charge on any atom is 0.235 e. The smallest absolute Gasteiger partial charge is 0.235 e. The minimum Gasteiger partial charge on any atom is -0.278 e. The minimum atomic E-state index is 0.685. The number of benzene rings is 6. The molecule has 0 radical (unpaired) electrons. The van der Waals surface area contributed by atoms with E-state index in [1.807, 2.05) is 6.07 Å². The Morgan fingerprint density at radius 2 is 1.18 bits per heavy atom. The lowest BCUT2D eigenvalue weighted by Crippen LogP contribution is -2.03. The molecule has 40 heavy (non-hydrogen) atoms. The molecule has 8 rings (SSSR count). The number of fused-ring (bicyclic) bond motifs is 5. The summed E-state index contributed by atoms with van der Waals surface area (Å²) in [6.07, 6.45) is 0. The topological polar surface area (TPSA) is 30.7 Å². The molecule has 3 heteroatoms. The average Bonchev–Trinajstić information content (AvgIpc) is 3.36. The van der Waals surface area contributed by atoms with Gasteiger partial charge in [0.1, 0.15) is 0 Å². The highest BCUT2D eigenvalue weighted by Gasteiger charge is 2.18. The van der Waals surface area contributed by atoms with Crippen LogP contribution in [0.4, 0.5) is 0 Å². The Hall–Kier alpha value is -5.28. The molecule has 0 fully saturated rings. The number of hydrogen-bond donors (Lipinski definition) is 0. The second-order valence-electron chi connectivity index (χ2n) is 10.4. The molecule has 0 aliphatic carbocycles. The number of aryl methyl sites for hydroxylation is 1. The highest BCUT2D eigenvalue weighted by atomic mass is 15.2. The van der Waals surface area contributed by atoms with E-state index in [-0.39, 0.29) is 0 Å². The van der Waals surface area contributed by atoms with Crippen molar-refractivity contribution in [2.75, 3.05) is 0 Å². The molecule has 0 amide bonds. The molecular weight excluding hydrogens is 486 g/mol. The first-order valence-corrected chi connectivity index (χ1v) is 13.6. The van der Waals surface area contributed by atoms with E-state index in [1.54, 1.807) is 0 Å². The van der Waals surface area contributed by atoms with E-state index >= 15 is 0 Å². The number of hydrogen-bond acceptors (Lipinski definition) is 2. The zero-order valence-corrected chi connectivity index (χ0v) is 22.0. The molecule has 8 aromatic rings. The van der Waals surface area contributed by atoms with Gasteiger partial charge in [0.05, 0.1) is 22.2 Å². The van der Waals surface area contributed by atoms with E-state index in [4.69, 9.17) is 9.97 Å². The Bertz CT molecular complexity index is 2230. The van der Waals surface area contributed by atoms with Gasteiger partial charge < -0.3 is 0 Å². The molecule has 0 N–H and O–H groups in total. The van der Waals surface area contributed by atoms with Gasteiger partial charge >= 0.3 is 0 Å². The van der Waals surface area contributed by atoms with Crippen LogP contribution in [0, 0.1) is 6.92 Å². The van der Waals surface area contributed by atoms with Crippen molar-refractivity contribution >= 4 is 43.5 Å². The number of nitrogens with zero attached hydrogens (tertiary/aromatic N) is 3. The predicted octanol–water partition coefficient (Wildman–Crippen LogP) is 9.52. The number of para-hydroxylation sites is 2. The molecular formula is C37H25N3. The van der Waals surface area contributed by atoms with Gasteiger partial charge in [0, 0.05) is 21.7 Å². The van der Waals surface area contributed by atoms with Gasteiger partial charge in [0.15, 0.2) is 0 Å². The lowest BCUT2D eigenvalue weighted by molar-refractivity contribution is 1.01. The maximum atomic E-state index is 5.27. The van der Waals surface area contributed by atoms with Gasteiger partial charge in [-0.25, -0.2) is 9.97 Å². The third kappa shape index (κ3) is 3.52. The molecule has 0 unspecified atom stereocenters. The molecule has 0 bridgehead atoms. The van der Waals surface area contributed by atoms with Gasteiger partial charge in [-0.15, -0.1) is 0 Å². The molecule has 0 saturated carbocycles. The molecule has 0 aliphatic heterocycles. The first-order chi connectivity index (χ1) is 19.7. The monoisotopic (exact) mass is 511 g/mol. The van der Waals surface area contributed by atoms with Crippen LogP contribution >= 0.6 is 0 Å². The van der Waals surface area contributed by atoms with Crippen molar-refractivity contribution in [3.05, 3.63) is 139 Å². The van der Waals surface area contributed by atoms with Crippen LogP contribution in [0.25, 0.3) is 71.8 Å². The molecule has 6 aromatic carbocycles. The zero-order valence-electron chi connectivity index (χ0n) is 22.0. The van der Waals surface area contributed by atoms with Crippen molar-refractivity contribution in [3.8, 4) is 28.3 Å². The Morgan fingerprint density at radius 1 is 0.500 bits per heavy atom. The van der Waals surface area contributed by atoms with E-state index in [2.05, 4.69) is 139 Å². The number of aromatic nitrogens is 3. The summed E-state index contributed by atoms with van der Waals surface area (Å²) in [6.45, 7) is 2.17. The van der Waals surface area contributed by atoms with Crippen LogP contribution < -0.4 is 0 Å². The fraction of sp³-hybridized carbons (Fsp3) is 0.0270. The quantitative estimate of drug-likeness (QED) is 0.236. The SMILES string of the molecule is Cc1cccc2c1c1ccccc1n2-c1nc(-c2ccc3cc(-c4ccccc4)ccc3c2)c2ccccc2n1. The molecule has 0 aliphatic rings. The van der Waals surface area contributed by atoms with E-state index < -0.39 is 0 Å². The third-order valence-corrected chi connectivity index (χ3v) is 7.92. The largest absolute Gasteiger partial charge is 0.278 e. The van der Waals surface area contributed by atoms with Crippen LogP contribution in [-0.4, -0.2) is 14.5 Å². The minimum absolute atomic E-state index is 0.685. The molecule has 2 aromatic heterocycles. The van der Waals surface area contributed by atoms with Gasteiger partial charge in [-0.05, 0) is 64.7 Å². The van der Waals surface area contributed by atoms with Crippen LogP contribution in [0.15, 0.2) is 133 Å². The molecule has 188 valence electrons. The van der Waals surface area contributed by atoms with Crippen LogP contribution in [0.3, 0.4) is 0 Å². The van der Waals surface area contributed by atoms with Gasteiger partial charge in [0.25, 0.3) is 0 Å². The summed E-state index contributed by atoms with van der Waals surface area (Å²) < 4.78 is 2.21. The van der Waals surface area contributed by atoms with Crippen molar-refractivity contribution < 1.29 is 0 Å². The van der Waals surface area contributed by atoms with Crippen molar-refractivity contribution in [2.24, 2.45) is 0 Å². The summed E-state index contributed by atoms with van der Waals surface area (Å²) >= 11 is 0. The van der Waals surface area contributed by atoms with Crippen LogP contribution in [0.1, 0.15) is 5.56 Å². The lowest BCUT2D eigenvalue weighted by Gasteiger charge is -2.12. The van der Waals surface area contributed by atoms with Crippen molar-refractivity contribution in [1.82, 2.24) is 14.5 Å². The summed E-state index contributed by atoms with van der Waals surface area (Å²) in [4.78, 5) is 10.4. The van der Waals surface area contributed by atoms with Crippen molar-refractivity contribution in [2.45, 2.75) is 6.92 Å². The first-order valence-electron chi connectivity index (χ1n) is 13.6. The fourth-order valence-electron chi connectivity index (χ4n) is 6.00. The molecule has 3 nitrogen and oxygen atoms in total. The maximum absolute atomic E-state index is 5.27. The van der Waals surface area contributed by atoms with Crippen LogP contribution in [-0.2, 0) is 0 Å². The van der Waals surface area contributed by atoms with Crippen LogP contribution in [0.5, 0.6) is 0 Å². The van der Waals surface area contributed by atoms with E-state index in [0.717, 1.165) is 33.2 Å². The Balaban J connectivity index is 1.36. The van der Waals surface area contributed by atoms with Crippen LogP contribution in [0.2, 0.25) is 0 Å². The summed E-state index contributed by atoms with van der Waals surface area (Å²) in [7, 11) is 0. The second kappa shape index (κ2) is 8.89. The molecule has 0 saturated heterocycles. The van der Waals surface area contributed by atoms with Gasteiger partial charge in [-0.2, -0.15) is 0 Å². The van der Waals surface area contributed by atoms with E-state index in [9.17, 15) is 0 Å². The van der Waals surface area contributed by atoms with E-state index in [0.29, 0.717) is 5.95 Å². The molecule has 0 spiro atoms. The summed E-state index contributed by atoms with van der Waals surface area (Å²) in [5, 5.41) is 5.91. The number of rotatable bonds is 3. The summed E-state index contributed by atoms with van der Waals surface area (Å²) in [5.41, 5.74) is 8.87. The van der Waals surface area contributed by atoms with Gasteiger partial charge in [-0.1, -0.05) is 103 Å². The Labute approximate surface area is 232 Å². The van der Waals surface area contributed by atoms with E-state index in [1.165, 1.54) is 38.2 Å². The lowest BCUT2D eigenvalue weighted by atomic mass is 9.98. The standard InChI is InChI=1S/C37H25N3/c1-24-10-9-17-34-35(24)31-14-6-8-16-33(31)40(34)37-38-32-15-7-5-13-30(32)36(39-37)29-21-20-27-22-26(18-19-28(27)23-29)25-11-3-2-4-12-25/h2-23H,1H3. The fourth-order valence-corrected chi connectivity index (χ4v) is 6.00. The van der Waals surface area contributed by atoms with Gasteiger partial charge in [0.2, 0.25) is 5.95 Å². The third-order valence-electron chi connectivity index (χ3n) is 7.92. The zero-order chi connectivity index (χ0) is 26.6. The highest BCUT2D eigenvalue weighted by Crippen LogP contribution is 2.36. The van der Waals surface area contributed by atoms with Crippen molar-refractivity contribution in [1.29, 1.82) is 0 Å². The summed E-state index contributed by atoms with van der Waals surface area (Å²) in [5.74, 6) is 0.685. The first kappa shape index (κ1) is 22.7. The Morgan fingerprint density at radius 3 is 2.02 bits per heavy atom. The molecule has 2 heterocycles. The summed E-state index contributed by atoms with van der Waals surface area (Å²) in [6, 6.07) is 47.1. The highest BCUT2D eigenvalue weighted by molar-refractivity contribution is 6.10. The predicted molar refractivity (Wildman–Crippen MR) is 167 cm³/mol. The molecule has 0 atom stereocenters. The van der Waals surface area contributed by atoms with Gasteiger partial charge in [-0.3, -0.25) is 4.57 Å².